The largest absolute Gasteiger partial charge is 0.395 e. The van der Waals surface area contributed by atoms with Gasteiger partial charge in [-0.15, -0.1) is 6.58 Å². The van der Waals surface area contributed by atoms with Crippen molar-refractivity contribution in [1.29, 1.82) is 0 Å². The van der Waals surface area contributed by atoms with Crippen molar-refractivity contribution < 1.29 is 14.6 Å². The molecule has 1 fully saturated rings. The van der Waals surface area contributed by atoms with Gasteiger partial charge in [0.2, 0.25) is 0 Å². The maximum absolute atomic E-state index is 11.9. The number of carbonyl (C=O) groups is 1. The SMILES string of the molecule is C=CCN(CCO)C(=O)C1CCC(C)O1. The summed E-state index contributed by atoms with van der Waals surface area (Å²) in [5.74, 6) is -0.0340. The van der Waals surface area contributed by atoms with E-state index >= 15 is 0 Å². The molecule has 2 atom stereocenters. The zero-order valence-corrected chi connectivity index (χ0v) is 9.19. The highest BCUT2D eigenvalue weighted by molar-refractivity contribution is 5.81. The van der Waals surface area contributed by atoms with Gasteiger partial charge < -0.3 is 14.7 Å². The molecule has 1 aliphatic heterocycles. The number of amides is 1. The summed E-state index contributed by atoms with van der Waals surface area (Å²) >= 11 is 0. The lowest BCUT2D eigenvalue weighted by molar-refractivity contribution is -0.142. The van der Waals surface area contributed by atoms with Crippen molar-refractivity contribution in [3.63, 3.8) is 0 Å². The molecule has 0 aromatic heterocycles. The molecule has 1 saturated heterocycles. The average molecular weight is 213 g/mol. The fraction of sp³-hybridized carbons (Fsp3) is 0.727. The molecule has 15 heavy (non-hydrogen) atoms. The van der Waals surface area contributed by atoms with E-state index in [0.717, 1.165) is 12.8 Å². The van der Waals surface area contributed by atoms with E-state index in [1.807, 2.05) is 6.92 Å². The Morgan fingerprint density at radius 1 is 1.67 bits per heavy atom. The molecule has 4 nitrogen and oxygen atoms in total. The Hall–Kier alpha value is -0.870. The van der Waals surface area contributed by atoms with Crippen LogP contribution in [-0.2, 0) is 9.53 Å². The zero-order valence-electron chi connectivity index (χ0n) is 9.19. The highest BCUT2D eigenvalue weighted by atomic mass is 16.5. The molecular formula is C11H19NO3. The van der Waals surface area contributed by atoms with Crippen LogP contribution in [0.1, 0.15) is 19.8 Å². The second-order valence-electron chi connectivity index (χ2n) is 3.81. The molecule has 0 saturated carbocycles. The first-order valence-corrected chi connectivity index (χ1v) is 5.35. The van der Waals surface area contributed by atoms with Gasteiger partial charge in [-0.3, -0.25) is 4.79 Å². The lowest BCUT2D eigenvalue weighted by Crippen LogP contribution is -2.40. The number of carbonyl (C=O) groups excluding carboxylic acids is 1. The first-order chi connectivity index (χ1) is 7.19. The Labute approximate surface area is 90.5 Å². The monoisotopic (exact) mass is 213 g/mol. The van der Waals surface area contributed by atoms with Crippen LogP contribution < -0.4 is 0 Å². The average Bonchev–Trinajstić information content (AvgIpc) is 2.63. The van der Waals surface area contributed by atoms with Gasteiger partial charge in [0.25, 0.3) is 5.91 Å². The maximum Gasteiger partial charge on any atom is 0.252 e. The first-order valence-electron chi connectivity index (χ1n) is 5.35. The van der Waals surface area contributed by atoms with Crippen molar-refractivity contribution in [2.24, 2.45) is 0 Å². The summed E-state index contributed by atoms with van der Waals surface area (Å²) in [4.78, 5) is 13.5. The number of aliphatic hydroxyl groups is 1. The van der Waals surface area contributed by atoms with Crippen molar-refractivity contribution in [1.82, 2.24) is 4.90 Å². The second kappa shape index (κ2) is 5.88. The molecule has 0 radical (unpaired) electrons. The van der Waals surface area contributed by atoms with Gasteiger partial charge in [0.05, 0.1) is 12.7 Å². The summed E-state index contributed by atoms with van der Waals surface area (Å²) < 4.78 is 5.49. The second-order valence-corrected chi connectivity index (χ2v) is 3.81. The summed E-state index contributed by atoms with van der Waals surface area (Å²) in [6.45, 7) is 6.35. The van der Waals surface area contributed by atoms with E-state index in [9.17, 15) is 4.79 Å². The van der Waals surface area contributed by atoms with Crippen LogP contribution in [0.3, 0.4) is 0 Å². The van der Waals surface area contributed by atoms with E-state index in [1.165, 1.54) is 0 Å². The van der Waals surface area contributed by atoms with Gasteiger partial charge in [-0.2, -0.15) is 0 Å². The Morgan fingerprint density at radius 3 is 2.87 bits per heavy atom. The van der Waals surface area contributed by atoms with Gasteiger partial charge in [0.1, 0.15) is 6.10 Å². The van der Waals surface area contributed by atoms with E-state index in [4.69, 9.17) is 9.84 Å². The third kappa shape index (κ3) is 3.32. The van der Waals surface area contributed by atoms with Gasteiger partial charge in [-0.1, -0.05) is 6.08 Å². The summed E-state index contributed by atoms with van der Waals surface area (Å²) in [6, 6.07) is 0. The van der Waals surface area contributed by atoms with Crippen LogP contribution in [0.5, 0.6) is 0 Å². The Kier molecular flexibility index (Phi) is 4.78. The van der Waals surface area contributed by atoms with Crippen LogP contribution >= 0.6 is 0 Å². The lowest BCUT2D eigenvalue weighted by Gasteiger charge is -2.23. The van der Waals surface area contributed by atoms with Crippen molar-refractivity contribution in [2.75, 3.05) is 19.7 Å². The summed E-state index contributed by atoms with van der Waals surface area (Å²) in [5.41, 5.74) is 0. The van der Waals surface area contributed by atoms with E-state index in [2.05, 4.69) is 6.58 Å². The molecule has 1 aliphatic rings. The Morgan fingerprint density at radius 2 is 2.40 bits per heavy atom. The molecule has 0 aliphatic carbocycles. The van der Waals surface area contributed by atoms with Gasteiger partial charge in [-0.25, -0.2) is 0 Å². The number of hydrogen-bond acceptors (Lipinski definition) is 3. The van der Waals surface area contributed by atoms with Gasteiger partial charge in [-0.05, 0) is 19.8 Å². The summed E-state index contributed by atoms with van der Waals surface area (Å²) in [7, 11) is 0. The molecule has 0 bridgehead atoms. The minimum atomic E-state index is -0.327. The minimum absolute atomic E-state index is 0.0259. The minimum Gasteiger partial charge on any atom is -0.395 e. The fourth-order valence-corrected chi connectivity index (χ4v) is 1.76. The number of hydrogen-bond donors (Lipinski definition) is 1. The van der Waals surface area contributed by atoms with Crippen LogP contribution in [0.25, 0.3) is 0 Å². The standard InChI is InChI=1S/C11H19NO3/c1-3-6-12(7-8-13)11(14)10-5-4-9(2)15-10/h3,9-10,13H,1,4-8H2,2H3. The molecule has 0 spiro atoms. The number of aliphatic hydroxyl groups excluding tert-OH is 1. The lowest BCUT2D eigenvalue weighted by atomic mass is 10.2. The first kappa shape index (κ1) is 12.2. The summed E-state index contributed by atoms with van der Waals surface area (Å²) in [6.07, 6.45) is 3.20. The number of nitrogens with zero attached hydrogens (tertiary/aromatic N) is 1. The normalized spacial score (nSPS) is 25.2. The number of rotatable bonds is 5. The van der Waals surface area contributed by atoms with Gasteiger partial charge in [0, 0.05) is 13.1 Å². The van der Waals surface area contributed by atoms with E-state index in [0.29, 0.717) is 13.1 Å². The molecule has 1 N–H and O–H groups in total. The van der Waals surface area contributed by atoms with Crippen LogP contribution in [0.4, 0.5) is 0 Å². The Balaban J connectivity index is 2.51. The third-order valence-electron chi connectivity index (χ3n) is 2.54. The third-order valence-corrected chi connectivity index (χ3v) is 2.54. The molecule has 1 rings (SSSR count). The molecule has 1 heterocycles. The predicted octanol–water partition coefficient (Wildman–Crippen LogP) is 0.561. The quantitative estimate of drug-likeness (QED) is 0.679. The zero-order chi connectivity index (χ0) is 11.3. The molecule has 0 aromatic carbocycles. The highest BCUT2D eigenvalue weighted by Gasteiger charge is 2.30. The van der Waals surface area contributed by atoms with Crippen molar-refractivity contribution in [3.05, 3.63) is 12.7 Å². The van der Waals surface area contributed by atoms with Crippen molar-refractivity contribution in [3.8, 4) is 0 Å². The maximum atomic E-state index is 11.9. The highest BCUT2D eigenvalue weighted by Crippen LogP contribution is 2.20. The van der Waals surface area contributed by atoms with Crippen LogP contribution in [0.15, 0.2) is 12.7 Å². The van der Waals surface area contributed by atoms with E-state index in [-0.39, 0.29) is 24.7 Å². The van der Waals surface area contributed by atoms with Crippen LogP contribution in [0.2, 0.25) is 0 Å². The van der Waals surface area contributed by atoms with Crippen molar-refractivity contribution >= 4 is 5.91 Å². The topological polar surface area (TPSA) is 49.8 Å². The van der Waals surface area contributed by atoms with Crippen LogP contribution in [0, 0.1) is 0 Å². The predicted molar refractivity (Wildman–Crippen MR) is 57.4 cm³/mol. The summed E-state index contributed by atoms with van der Waals surface area (Å²) in [5, 5.41) is 8.84. The van der Waals surface area contributed by atoms with E-state index < -0.39 is 0 Å². The van der Waals surface area contributed by atoms with Gasteiger partial charge >= 0.3 is 0 Å². The number of ether oxygens (including phenoxy) is 1. The molecule has 4 heteroatoms. The smallest absolute Gasteiger partial charge is 0.252 e. The molecule has 2 unspecified atom stereocenters. The Bertz CT molecular complexity index is 230. The molecule has 1 amide bonds. The van der Waals surface area contributed by atoms with Gasteiger partial charge in [0.15, 0.2) is 0 Å². The van der Waals surface area contributed by atoms with Crippen LogP contribution in [-0.4, -0.2) is 47.8 Å². The molecule has 86 valence electrons. The molecule has 0 aromatic rings. The van der Waals surface area contributed by atoms with Crippen molar-refractivity contribution in [2.45, 2.75) is 32.0 Å². The fourth-order valence-electron chi connectivity index (χ4n) is 1.76. The van der Waals surface area contributed by atoms with E-state index in [1.54, 1.807) is 11.0 Å². The molecular weight excluding hydrogens is 194 g/mol.